The van der Waals surface area contributed by atoms with Gasteiger partial charge >= 0.3 is 0 Å². The summed E-state index contributed by atoms with van der Waals surface area (Å²) in [7, 11) is 0. The predicted molar refractivity (Wildman–Crippen MR) is 102 cm³/mol. The Labute approximate surface area is 151 Å². The van der Waals surface area contributed by atoms with Crippen molar-refractivity contribution in [2.45, 2.75) is 32.4 Å². The van der Waals surface area contributed by atoms with Gasteiger partial charge in [-0.1, -0.05) is 12.1 Å². The second kappa shape index (κ2) is 6.20. The molecule has 6 rings (SSSR count). The normalized spacial score (nSPS) is 24.0. The van der Waals surface area contributed by atoms with Crippen LogP contribution >= 0.6 is 11.3 Å². The number of piperidine rings is 1. The molecule has 1 aromatic carbocycles. The quantitative estimate of drug-likeness (QED) is 0.785. The van der Waals surface area contributed by atoms with E-state index in [0.717, 1.165) is 29.7 Å². The number of aryl methyl sites for hydroxylation is 1. The van der Waals surface area contributed by atoms with E-state index in [2.05, 4.69) is 50.1 Å². The van der Waals surface area contributed by atoms with E-state index in [1.807, 2.05) is 6.20 Å². The molecule has 1 N–H and O–H groups in total. The van der Waals surface area contributed by atoms with Crippen molar-refractivity contribution in [3.05, 3.63) is 35.0 Å². The third-order valence-corrected chi connectivity index (χ3v) is 6.60. The van der Waals surface area contributed by atoms with Gasteiger partial charge in [0.15, 0.2) is 0 Å². The van der Waals surface area contributed by atoms with Crippen LogP contribution in [0, 0.1) is 6.92 Å². The van der Waals surface area contributed by atoms with Crippen molar-refractivity contribution in [2.24, 2.45) is 0 Å². The van der Waals surface area contributed by atoms with Crippen molar-refractivity contribution in [3.63, 3.8) is 0 Å². The average molecular weight is 353 g/mol. The maximum absolute atomic E-state index is 4.65. The number of hydrogen-bond donors (Lipinski definition) is 1. The SMILES string of the molecule is Cc1cnc(-c2ccc3c(CN4CCN5CCC4CC5)n[nH]c3c2)s1. The van der Waals surface area contributed by atoms with E-state index in [9.17, 15) is 0 Å². The van der Waals surface area contributed by atoms with Crippen LogP contribution in [0.25, 0.3) is 21.5 Å². The lowest BCUT2D eigenvalue weighted by molar-refractivity contribution is 0.175. The van der Waals surface area contributed by atoms with Gasteiger partial charge in [0.2, 0.25) is 0 Å². The summed E-state index contributed by atoms with van der Waals surface area (Å²) in [6.45, 7) is 7.94. The van der Waals surface area contributed by atoms with Crippen LogP contribution in [0.3, 0.4) is 0 Å². The molecule has 0 atom stereocenters. The summed E-state index contributed by atoms with van der Waals surface area (Å²) in [5.74, 6) is 0. The van der Waals surface area contributed by atoms with Gasteiger partial charge in [0, 0.05) is 47.7 Å². The number of benzene rings is 1. The lowest BCUT2D eigenvalue weighted by atomic mass is 10.0. The second-order valence-corrected chi connectivity index (χ2v) is 8.48. The Hall–Kier alpha value is -1.76. The number of thiazole rings is 1. The minimum atomic E-state index is 0.725. The molecule has 0 radical (unpaired) electrons. The smallest absolute Gasteiger partial charge is 0.123 e. The van der Waals surface area contributed by atoms with Crippen LogP contribution in [0.4, 0.5) is 0 Å². The lowest BCUT2D eigenvalue weighted by Crippen LogP contribution is -2.37. The van der Waals surface area contributed by atoms with Gasteiger partial charge in [0.1, 0.15) is 5.01 Å². The van der Waals surface area contributed by atoms with Gasteiger partial charge < -0.3 is 4.90 Å². The van der Waals surface area contributed by atoms with Crippen LogP contribution in [0.5, 0.6) is 0 Å². The summed E-state index contributed by atoms with van der Waals surface area (Å²) < 4.78 is 0. The Bertz CT molecular complexity index is 890. The van der Waals surface area contributed by atoms with Crippen molar-refractivity contribution >= 4 is 22.2 Å². The maximum atomic E-state index is 4.65. The van der Waals surface area contributed by atoms with Crippen molar-refractivity contribution in [1.82, 2.24) is 25.0 Å². The molecule has 2 aromatic heterocycles. The minimum absolute atomic E-state index is 0.725. The highest BCUT2D eigenvalue weighted by Gasteiger charge is 2.29. The van der Waals surface area contributed by atoms with Gasteiger partial charge in [-0.2, -0.15) is 5.10 Å². The number of H-pyrrole nitrogens is 1. The molecule has 0 aliphatic carbocycles. The molecule has 0 amide bonds. The molecule has 0 spiro atoms. The number of hydrogen-bond acceptors (Lipinski definition) is 5. The molecule has 2 bridgehead atoms. The minimum Gasteiger partial charge on any atom is -0.302 e. The van der Waals surface area contributed by atoms with E-state index in [-0.39, 0.29) is 0 Å². The predicted octanol–water partition coefficient (Wildman–Crippen LogP) is 3.27. The van der Waals surface area contributed by atoms with Crippen LogP contribution in [0.1, 0.15) is 23.4 Å². The van der Waals surface area contributed by atoms with E-state index < -0.39 is 0 Å². The van der Waals surface area contributed by atoms with Crippen LogP contribution in [-0.4, -0.2) is 57.2 Å². The van der Waals surface area contributed by atoms with Crippen LogP contribution in [0.2, 0.25) is 0 Å². The highest BCUT2D eigenvalue weighted by Crippen LogP contribution is 2.29. The largest absolute Gasteiger partial charge is 0.302 e. The zero-order valence-corrected chi connectivity index (χ0v) is 15.4. The molecule has 3 aliphatic heterocycles. The number of aromatic amines is 1. The summed E-state index contributed by atoms with van der Waals surface area (Å²) in [6.07, 6.45) is 4.54. The van der Waals surface area contributed by atoms with Crippen molar-refractivity contribution < 1.29 is 0 Å². The third kappa shape index (κ3) is 2.88. The number of nitrogens with zero attached hydrogens (tertiary/aromatic N) is 4. The fourth-order valence-electron chi connectivity index (χ4n) is 4.18. The van der Waals surface area contributed by atoms with Crippen molar-refractivity contribution in [1.29, 1.82) is 0 Å². The van der Waals surface area contributed by atoms with E-state index in [1.54, 1.807) is 11.3 Å². The van der Waals surface area contributed by atoms with Gasteiger partial charge in [-0.15, -0.1) is 11.3 Å². The third-order valence-electron chi connectivity index (χ3n) is 5.64. The number of rotatable bonds is 3. The molecule has 3 aromatic rings. The first-order valence-electron chi connectivity index (χ1n) is 9.12. The first kappa shape index (κ1) is 15.5. The fourth-order valence-corrected chi connectivity index (χ4v) is 4.94. The monoisotopic (exact) mass is 353 g/mol. The molecular formula is C19H23N5S. The van der Waals surface area contributed by atoms with Gasteiger partial charge in [-0.3, -0.25) is 10.00 Å². The Morgan fingerprint density at radius 2 is 2.08 bits per heavy atom. The molecule has 3 fully saturated rings. The summed E-state index contributed by atoms with van der Waals surface area (Å²) in [4.78, 5) is 11.0. The molecule has 130 valence electrons. The summed E-state index contributed by atoms with van der Waals surface area (Å²) in [5, 5.41) is 10.2. The molecule has 5 nitrogen and oxygen atoms in total. The van der Waals surface area contributed by atoms with Crippen molar-refractivity contribution in [2.75, 3.05) is 26.2 Å². The fraction of sp³-hybridized carbons (Fsp3) is 0.474. The number of nitrogens with one attached hydrogen (secondary N) is 1. The molecule has 25 heavy (non-hydrogen) atoms. The van der Waals surface area contributed by atoms with E-state index in [4.69, 9.17) is 0 Å². The van der Waals surface area contributed by atoms with Gasteiger partial charge in [-0.25, -0.2) is 4.98 Å². The van der Waals surface area contributed by atoms with Crippen LogP contribution in [-0.2, 0) is 6.54 Å². The Morgan fingerprint density at radius 1 is 1.20 bits per heavy atom. The Balaban J connectivity index is 1.42. The van der Waals surface area contributed by atoms with E-state index >= 15 is 0 Å². The summed E-state index contributed by atoms with van der Waals surface area (Å²) in [6, 6.07) is 7.30. The van der Waals surface area contributed by atoms with Crippen LogP contribution in [0.15, 0.2) is 24.4 Å². The van der Waals surface area contributed by atoms with Crippen molar-refractivity contribution in [3.8, 4) is 10.6 Å². The summed E-state index contributed by atoms with van der Waals surface area (Å²) >= 11 is 1.74. The zero-order valence-electron chi connectivity index (χ0n) is 14.5. The highest BCUT2D eigenvalue weighted by molar-refractivity contribution is 7.14. The first-order valence-corrected chi connectivity index (χ1v) is 9.94. The number of fused-ring (bicyclic) bond motifs is 5. The topological polar surface area (TPSA) is 48.1 Å². The maximum Gasteiger partial charge on any atom is 0.123 e. The molecular weight excluding hydrogens is 330 g/mol. The highest BCUT2D eigenvalue weighted by atomic mass is 32.1. The standard InChI is InChI=1S/C19H23N5S/c1-13-11-20-19(25-13)14-2-3-16-17(10-14)21-22-18(16)12-24-9-8-23-6-4-15(24)5-7-23/h2-3,10-11,15H,4-9,12H2,1H3,(H,21,22). The van der Waals surface area contributed by atoms with E-state index in [0.29, 0.717) is 0 Å². The average Bonchev–Trinajstić information content (AvgIpc) is 3.14. The van der Waals surface area contributed by atoms with Gasteiger partial charge in [-0.05, 0) is 38.9 Å². The molecule has 0 unspecified atom stereocenters. The Kier molecular flexibility index (Phi) is 3.84. The molecule has 5 heterocycles. The van der Waals surface area contributed by atoms with Crippen LogP contribution < -0.4 is 0 Å². The molecule has 6 heteroatoms. The number of aromatic nitrogens is 3. The Morgan fingerprint density at radius 3 is 2.88 bits per heavy atom. The first-order chi connectivity index (χ1) is 12.3. The molecule has 3 aliphatic rings. The van der Waals surface area contributed by atoms with E-state index in [1.165, 1.54) is 54.0 Å². The van der Waals surface area contributed by atoms with Gasteiger partial charge in [0.25, 0.3) is 0 Å². The second-order valence-electron chi connectivity index (χ2n) is 7.25. The zero-order chi connectivity index (χ0) is 16.8. The summed E-state index contributed by atoms with van der Waals surface area (Å²) in [5.41, 5.74) is 3.46. The van der Waals surface area contributed by atoms with Gasteiger partial charge in [0.05, 0.1) is 11.2 Å². The lowest BCUT2D eigenvalue weighted by Gasteiger charge is -2.31. The molecule has 3 saturated heterocycles. The molecule has 0 saturated carbocycles.